The Morgan fingerprint density at radius 1 is 0.872 bits per heavy atom. The van der Waals surface area contributed by atoms with Crippen molar-refractivity contribution in [1.29, 1.82) is 0 Å². The zero-order valence-corrected chi connectivity index (χ0v) is 25.4. The highest BCUT2D eigenvalue weighted by atomic mass is 16.7. The van der Waals surface area contributed by atoms with Crippen LogP contribution in [0.3, 0.4) is 0 Å². The molecule has 21 heteroatoms. The monoisotopic (exact) mass is 684 g/mol. The van der Waals surface area contributed by atoms with Crippen LogP contribution in [0.5, 0.6) is 0 Å². The van der Waals surface area contributed by atoms with Crippen LogP contribution in [0.15, 0.2) is 0 Å². The van der Waals surface area contributed by atoms with Crippen LogP contribution >= 0.6 is 0 Å². The van der Waals surface area contributed by atoms with E-state index in [1.165, 1.54) is 0 Å². The Balaban J connectivity index is 1.69. The lowest BCUT2D eigenvalue weighted by molar-refractivity contribution is -0.310. The number of rotatable bonds is 15. The lowest BCUT2D eigenvalue weighted by Crippen LogP contribution is -2.69. The van der Waals surface area contributed by atoms with Crippen molar-refractivity contribution < 1.29 is 74.2 Å². The number of aliphatic hydroxyl groups excluding tert-OH is 7. The van der Waals surface area contributed by atoms with Gasteiger partial charge in [0, 0.05) is 25.6 Å². The van der Waals surface area contributed by atoms with Crippen LogP contribution in [0.2, 0.25) is 0 Å². The van der Waals surface area contributed by atoms with E-state index in [2.05, 4.69) is 10.6 Å². The molecule has 3 fully saturated rings. The maximum absolute atomic E-state index is 12.8. The highest BCUT2D eigenvalue weighted by Crippen LogP contribution is 2.32. The smallest absolute Gasteiger partial charge is 0.320 e. The SMILES string of the molecule is NC[C@H]1O[C@@H](O[C@@H]2C(O)[C@H](NC(=O)[C@@H](O)CCNC(=O)CC[C@H](N)C(=O)O)CC(N)[C@H]2O[C@H]2OC(CO)[C@@H](O)[C@H](O)C2N)C(O)[C@H]1O. The fourth-order valence-electron chi connectivity index (χ4n) is 5.53. The average Bonchev–Trinajstić information content (AvgIpc) is 3.31. The summed E-state index contributed by atoms with van der Waals surface area (Å²) in [4.78, 5) is 35.5. The molecule has 2 amide bonds. The Bertz CT molecular complexity index is 1050. The van der Waals surface area contributed by atoms with Gasteiger partial charge < -0.3 is 93.4 Å². The van der Waals surface area contributed by atoms with Gasteiger partial charge in [0.1, 0.15) is 67.1 Å². The Morgan fingerprint density at radius 3 is 2.09 bits per heavy atom. The van der Waals surface area contributed by atoms with E-state index in [0.717, 1.165) is 0 Å². The largest absolute Gasteiger partial charge is 0.480 e. The summed E-state index contributed by atoms with van der Waals surface area (Å²) in [6.07, 6.45) is -18.5. The number of hydrogen-bond donors (Lipinski definition) is 14. The van der Waals surface area contributed by atoms with Crippen LogP contribution in [0.4, 0.5) is 0 Å². The molecule has 272 valence electrons. The van der Waals surface area contributed by atoms with Gasteiger partial charge in [0.05, 0.1) is 18.7 Å². The van der Waals surface area contributed by atoms with Crippen LogP contribution in [0.1, 0.15) is 25.7 Å². The van der Waals surface area contributed by atoms with E-state index in [4.69, 9.17) is 47.0 Å². The molecule has 21 nitrogen and oxygen atoms in total. The van der Waals surface area contributed by atoms with Gasteiger partial charge in [-0.05, 0) is 19.3 Å². The molecular formula is C26H48N6O15. The maximum atomic E-state index is 12.8. The van der Waals surface area contributed by atoms with E-state index in [0.29, 0.717) is 0 Å². The van der Waals surface area contributed by atoms with E-state index in [1.807, 2.05) is 0 Å². The van der Waals surface area contributed by atoms with Gasteiger partial charge in [-0.1, -0.05) is 0 Å². The van der Waals surface area contributed by atoms with Crippen LogP contribution in [-0.2, 0) is 33.3 Å². The number of aliphatic hydroxyl groups is 7. The first-order chi connectivity index (χ1) is 22.1. The van der Waals surface area contributed by atoms with Crippen LogP contribution in [-0.4, -0.2) is 176 Å². The zero-order chi connectivity index (χ0) is 35.2. The summed E-state index contributed by atoms with van der Waals surface area (Å²) in [6, 6.07) is -4.83. The molecule has 0 aromatic rings. The Hall–Kier alpha value is -2.19. The van der Waals surface area contributed by atoms with Crippen LogP contribution in [0, 0.1) is 0 Å². The van der Waals surface area contributed by atoms with Crippen molar-refractivity contribution in [3.05, 3.63) is 0 Å². The number of carboxylic acid groups (broad SMARTS) is 1. The van der Waals surface area contributed by atoms with E-state index in [9.17, 15) is 50.1 Å². The lowest BCUT2D eigenvalue weighted by atomic mass is 9.83. The predicted octanol–water partition coefficient (Wildman–Crippen LogP) is -8.44. The van der Waals surface area contributed by atoms with Crippen molar-refractivity contribution in [2.75, 3.05) is 19.7 Å². The second-order valence-corrected chi connectivity index (χ2v) is 11.9. The van der Waals surface area contributed by atoms with E-state index in [-0.39, 0.29) is 38.8 Å². The second kappa shape index (κ2) is 17.5. The molecule has 5 unspecified atom stereocenters. The molecule has 0 aromatic heterocycles. The molecule has 3 rings (SSSR count). The fraction of sp³-hybridized carbons (Fsp3) is 0.885. The molecule has 3 aliphatic rings. The highest BCUT2D eigenvalue weighted by molar-refractivity contribution is 5.81. The number of hydrogen-bond acceptors (Lipinski definition) is 18. The van der Waals surface area contributed by atoms with Gasteiger partial charge in [-0.3, -0.25) is 14.4 Å². The van der Waals surface area contributed by atoms with Crippen molar-refractivity contribution >= 4 is 17.8 Å². The minimum absolute atomic E-state index is 0.115. The van der Waals surface area contributed by atoms with E-state index < -0.39 is 122 Å². The number of ether oxygens (including phenoxy) is 4. The lowest BCUT2D eigenvalue weighted by Gasteiger charge is -2.47. The highest BCUT2D eigenvalue weighted by Gasteiger charge is 2.53. The molecule has 2 saturated heterocycles. The summed E-state index contributed by atoms with van der Waals surface area (Å²) in [6.45, 7) is -1.04. The standard InChI is InChI=1S/C26H48N6O15/c27-6-12-17(37)20(40)26(44-12)47-22-16(36)10(32-23(41)11(34)3-4-31-14(35)2-1-8(28)24(42)43)5-9(29)21(22)46-25-15(30)19(39)18(38)13(7-33)45-25/h8-13,15-22,25-26,33-34,36-40H,1-7,27-30H2,(H,31,35)(H,32,41)(H,42,43)/t8-,9?,10+,11-,12+,13?,15?,16?,17-,18+,19+,20?,21+,22+,25+,26-/m0/s1. The van der Waals surface area contributed by atoms with Gasteiger partial charge in [0.15, 0.2) is 12.6 Å². The van der Waals surface area contributed by atoms with Crippen molar-refractivity contribution in [2.24, 2.45) is 22.9 Å². The summed E-state index contributed by atoms with van der Waals surface area (Å²) in [5.41, 5.74) is 23.3. The number of carboxylic acids is 1. The second-order valence-electron chi connectivity index (χ2n) is 11.9. The third kappa shape index (κ3) is 9.71. The van der Waals surface area contributed by atoms with Gasteiger partial charge in [-0.25, -0.2) is 0 Å². The van der Waals surface area contributed by atoms with Gasteiger partial charge in [-0.15, -0.1) is 0 Å². The van der Waals surface area contributed by atoms with Gasteiger partial charge in [0.25, 0.3) is 0 Å². The third-order valence-corrected chi connectivity index (χ3v) is 8.45. The Morgan fingerprint density at radius 2 is 1.49 bits per heavy atom. The zero-order valence-electron chi connectivity index (χ0n) is 25.4. The Kier molecular flexibility index (Phi) is 14.6. The molecule has 47 heavy (non-hydrogen) atoms. The molecule has 0 radical (unpaired) electrons. The average molecular weight is 685 g/mol. The quantitative estimate of drug-likeness (QED) is 0.0761. The third-order valence-electron chi connectivity index (χ3n) is 8.45. The first-order valence-corrected chi connectivity index (χ1v) is 15.2. The van der Waals surface area contributed by atoms with Gasteiger partial charge >= 0.3 is 5.97 Å². The van der Waals surface area contributed by atoms with Crippen molar-refractivity contribution in [3.8, 4) is 0 Å². The van der Waals surface area contributed by atoms with Gasteiger partial charge in [-0.2, -0.15) is 0 Å². The molecule has 1 saturated carbocycles. The topological polar surface area (TPSA) is 378 Å². The molecule has 0 aromatic carbocycles. The number of nitrogens with two attached hydrogens (primary N) is 4. The number of carbonyl (C=O) groups is 3. The van der Waals surface area contributed by atoms with Crippen molar-refractivity contribution in [3.63, 3.8) is 0 Å². The van der Waals surface area contributed by atoms with E-state index in [1.54, 1.807) is 0 Å². The molecule has 16 atom stereocenters. The molecule has 0 bridgehead atoms. The molecule has 2 aliphatic heterocycles. The van der Waals surface area contributed by atoms with Gasteiger partial charge in [0.2, 0.25) is 11.8 Å². The summed E-state index contributed by atoms with van der Waals surface area (Å²) in [5.74, 6) is -2.75. The number of amides is 2. The normalized spacial score (nSPS) is 40.4. The number of carbonyl (C=O) groups excluding carboxylic acids is 2. The Labute approximate surface area is 269 Å². The predicted molar refractivity (Wildman–Crippen MR) is 154 cm³/mol. The molecular weight excluding hydrogens is 636 g/mol. The fourth-order valence-corrected chi connectivity index (χ4v) is 5.53. The summed E-state index contributed by atoms with van der Waals surface area (Å²) < 4.78 is 22.8. The molecule has 2 heterocycles. The molecule has 1 aliphatic carbocycles. The van der Waals surface area contributed by atoms with Crippen LogP contribution < -0.4 is 33.6 Å². The minimum atomic E-state index is -1.66. The molecule has 0 spiro atoms. The molecule has 18 N–H and O–H groups in total. The first kappa shape index (κ1) is 39.3. The van der Waals surface area contributed by atoms with Crippen molar-refractivity contribution in [1.82, 2.24) is 10.6 Å². The first-order valence-electron chi connectivity index (χ1n) is 15.2. The maximum Gasteiger partial charge on any atom is 0.320 e. The summed E-state index contributed by atoms with van der Waals surface area (Å²) in [5, 5.41) is 86.3. The minimum Gasteiger partial charge on any atom is -0.480 e. The number of nitrogens with one attached hydrogen (secondary N) is 2. The summed E-state index contributed by atoms with van der Waals surface area (Å²) in [7, 11) is 0. The van der Waals surface area contributed by atoms with Crippen molar-refractivity contribution in [2.45, 2.75) is 123 Å². The van der Waals surface area contributed by atoms with E-state index >= 15 is 0 Å². The van der Waals surface area contributed by atoms with Crippen LogP contribution in [0.25, 0.3) is 0 Å². The number of aliphatic carboxylic acids is 1. The summed E-state index contributed by atoms with van der Waals surface area (Å²) >= 11 is 0.